The third-order valence-corrected chi connectivity index (χ3v) is 7.59. The standard InChI is InChI=1S/C17H34O4Si/c1-7-10-11-12-16(13-14-19-17(18)15(4)5)22(6,20-8-2)21-9-3/h16H,4,7-14H2,1-3,5-6H3. The molecule has 0 spiro atoms. The van der Waals surface area contributed by atoms with Crippen molar-refractivity contribution >= 4 is 14.5 Å². The smallest absolute Gasteiger partial charge is 0.338 e. The van der Waals surface area contributed by atoms with Crippen LogP contribution in [0.5, 0.6) is 0 Å². The Bertz CT molecular complexity index is 325. The summed E-state index contributed by atoms with van der Waals surface area (Å²) < 4.78 is 17.3. The summed E-state index contributed by atoms with van der Waals surface area (Å²) >= 11 is 0. The first-order chi connectivity index (χ1) is 10.4. The molecule has 0 aromatic carbocycles. The maximum absolute atomic E-state index is 11.5. The average molecular weight is 331 g/mol. The highest BCUT2D eigenvalue weighted by atomic mass is 28.4. The zero-order chi connectivity index (χ0) is 17.0. The van der Waals surface area contributed by atoms with Crippen molar-refractivity contribution in [3.8, 4) is 0 Å². The van der Waals surface area contributed by atoms with Crippen molar-refractivity contribution < 1.29 is 18.4 Å². The molecule has 0 amide bonds. The summed E-state index contributed by atoms with van der Waals surface area (Å²) in [6.45, 7) is 15.4. The predicted molar refractivity (Wildman–Crippen MR) is 93.2 cm³/mol. The highest BCUT2D eigenvalue weighted by Crippen LogP contribution is 2.33. The molecular weight excluding hydrogens is 296 g/mol. The van der Waals surface area contributed by atoms with E-state index in [4.69, 9.17) is 13.6 Å². The van der Waals surface area contributed by atoms with Gasteiger partial charge in [0.05, 0.1) is 6.61 Å². The van der Waals surface area contributed by atoms with Gasteiger partial charge in [-0.15, -0.1) is 0 Å². The Labute approximate surface area is 137 Å². The molecule has 0 aliphatic rings. The van der Waals surface area contributed by atoms with E-state index in [0.717, 1.165) is 12.8 Å². The van der Waals surface area contributed by atoms with Gasteiger partial charge in [0.15, 0.2) is 0 Å². The lowest BCUT2D eigenvalue weighted by Crippen LogP contribution is -2.44. The van der Waals surface area contributed by atoms with Crippen LogP contribution in [0.4, 0.5) is 0 Å². The third-order valence-electron chi connectivity index (χ3n) is 3.81. The summed E-state index contributed by atoms with van der Waals surface area (Å²) in [6, 6.07) is 0. The largest absolute Gasteiger partial charge is 0.462 e. The van der Waals surface area contributed by atoms with E-state index in [1.54, 1.807) is 6.92 Å². The highest BCUT2D eigenvalue weighted by Gasteiger charge is 2.40. The maximum Gasteiger partial charge on any atom is 0.338 e. The molecule has 0 aromatic heterocycles. The van der Waals surface area contributed by atoms with Crippen molar-refractivity contribution in [2.75, 3.05) is 19.8 Å². The quantitative estimate of drug-likeness (QED) is 0.214. The molecule has 0 fully saturated rings. The number of esters is 1. The first-order valence-electron chi connectivity index (χ1n) is 8.51. The Kier molecular flexibility index (Phi) is 11.5. The lowest BCUT2D eigenvalue weighted by Gasteiger charge is -2.34. The number of carbonyl (C=O) groups is 1. The normalized spacial score (nSPS) is 13.0. The zero-order valence-corrected chi connectivity index (χ0v) is 16.1. The second-order valence-electron chi connectivity index (χ2n) is 5.78. The number of ether oxygens (including phenoxy) is 1. The molecule has 0 N–H and O–H groups in total. The van der Waals surface area contributed by atoms with Crippen molar-refractivity contribution in [1.82, 2.24) is 0 Å². The minimum atomic E-state index is -2.24. The summed E-state index contributed by atoms with van der Waals surface area (Å²) in [5.41, 5.74) is 0.786. The summed E-state index contributed by atoms with van der Waals surface area (Å²) in [7, 11) is -2.24. The summed E-state index contributed by atoms with van der Waals surface area (Å²) in [6.07, 6.45) is 5.44. The molecular formula is C17H34O4Si. The minimum Gasteiger partial charge on any atom is -0.462 e. The van der Waals surface area contributed by atoms with Gasteiger partial charge in [-0.3, -0.25) is 0 Å². The monoisotopic (exact) mass is 330 g/mol. The average Bonchev–Trinajstić information content (AvgIpc) is 2.45. The highest BCUT2D eigenvalue weighted by molar-refractivity contribution is 6.67. The second kappa shape index (κ2) is 11.9. The van der Waals surface area contributed by atoms with Gasteiger partial charge >= 0.3 is 14.5 Å². The van der Waals surface area contributed by atoms with Crippen molar-refractivity contribution in [2.45, 2.75) is 71.9 Å². The Morgan fingerprint density at radius 3 is 2.14 bits per heavy atom. The number of unbranched alkanes of at least 4 members (excludes halogenated alkanes) is 2. The van der Waals surface area contributed by atoms with Crippen LogP contribution in [0.25, 0.3) is 0 Å². The first-order valence-corrected chi connectivity index (χ1v) is 10.9. The van der Waals surface area contributed by atoms with Gasteiger partial charge in [-0.1, -0.05) is 32.8 Å². The van der Waals surface area contributed by atoms with Crippen molar-refractivity contribution in [3.63, 3.8) is 0 Å². The lowest BCUT2D eigenvalue weighted by atomic mass is 10.1. The summed E-state index contributed by atoms with van der Waals surface area (Å²) in [5, 5.41) is 0. The topological polar surface area (TPSA) is 44.8 Å². The van der Waals surface area contributed by atoms with Crippen LogP contribution < -0.4 is 0 Å². The van der Waals surface area contributed by atoms with Gasteiger partial charge in [-0.25, -0.2) is 4.79 Å². The molecule has 1 atom stereocenters. The van der Waals surface area contributed by atoms with Crippen LogP contribution in [0, 0.1) is 0 Å². The van der Waals surface area contributed by atoms with Crippen LogP contribution >= 0.6 is 0 Å². The molecule has 0 aliphatic heterocycles. The van der Waals surface area contributed by atoms with Gasteiger partial charge in [0.1, 0.15) is 0 Å². The molecule has 0 rings (SSSR count). The van der Waals surface area contributed by atoms with E-state index in [0.29, 0.717) is 30.9 Å². The number of carbonyl (C=O) groups excluding carboxylic acids is 1. The molecule has 5 heteroatoms. The van der Waals surface area contributed by atoms with Gasteiger partial charge in [-0.05, 0) is 40.2 Å². The van der Waals surface area contributed by atoms with E-state index in [-0.39, 0.29) is 5.97 Å². The van der Waals surface area contributed by atoms with Crippen LogP contribution in [0.1, 0.15) is 59.8 Å². The molecule has 0 saturated carbocycles. The van der Waals surface area contributed by atoms with E-state index in [9.17, 15) is 4.79 Å². The Morgan fingerprint density at radius 2 is 1.68 bits per heavy atom. The van der Waals surface area contributed by atoms with Crippen LogP contribution in [0.3, 0.4) is 0 Å². The van der Waals surface area contributed by atoms with Crippen molar-refractivity contribution in [3.05, 3.63) is 12.2 Å². The first kappa shape index (κ1) is 21.3. The van der Waals surface area contributed by atoms with E-state index < -0.39 is 8.56 Å². The molecule has 0 radical (unpaired) electrons. The molecule has 0 bridgehead atoms. The van der Waals surface area contributed by atoms with Crippen LogP contribution in [0.2, 0.25) is 12.1 Å². The lowest BCUT2D eigenvalue weighted by molar-refractivity contribution is -0.139. The third kappa shape index (κ3) is 8.10. The zero-order valence-electron chi connectivity index (χ0n) is 15.1. The van der Waals surface area contributed by atoms with Crippen LogP contribution in [-0.2, 0) is 18.4 Å². The van der Waals surface area contributed by atoms with Crippen LogP contribution in [-0.4, -0.2) is 34.4 Å². The molecule has 1 unspecified atom stereocenters. The van der Waals surface area contributed by atoms with Crippen molar-refractivity contribution in [1.29, 1.82) is 0 Å². The van der Waals surface area contributed by atoms with Crippen molar-refractivity contribution in [2.24, 2.45) is 0 Å². The SMILES string of the molecule is C=C(C)C(=O)OCCC(CCCCC)[Si](C)(OCC)OCC. The fraction of sp³-hybridized carbons (Fsp3) is 0.824. The maximum atomic E-state index is 11.5. The van der Waals surface area contributed by atoms with E-state index in [1.807, 2.05) is 13.8 Å². The number of hydrogen-bond acceptors (Lipinski definition) is 4. The predicted octanol–water partition coefficient (Wildman–Crippen LogP) is 4.59. The van der Waals surface area contributed by atoms with Gasteiger partial charge in [0.25, 0.3) is 0 Å². The van der Waals surface area contributed by atoms with E-state index in [2.05, 4.69) is 20.0 Å². The Hall–Kier alpha value is -0.653. The summed E-state index contributed by atoms with van der Waals surface area (Å²) in [5.74, 6) is -0.316. The van der Waals surface area contributed by atoms with Crippen LogP contribution in [0.15, 0.2) is 12.2 Å². The molecule has 0 saturated heterocycles. The number of rotatable bonds is 13. The number of hydrogen-bond donors (Lipinski definition) is 0. The Morgan fingerprint density at radius 1 is 1.09 bits per heavy atom. The molecule has 4 nitrogen and oxygen atoms in total. The van der Waals surface area contributed by atoms with E-state index >= 15 is 0 Å². The van der Waals surface area contributed by atoms with Gasteiger partial charge in [0.2, 0.25) is 0 Å². The summed E-state index contributed by atoms with van der Waals surface area (Å²) in [4.78, 5) is 11.5. The second-order valence-corrected chi connectivity index (χ2v) is 9.21. The minimum absolute atomic E-state index is 0.316. The van der Waals surface area contributed by atoms with Gasteiger partial charge in [-0.2, -0.15) is 0 Å². The fourth-order valence-electron chi connectivity index (χ4n) is 2.58. The molecule has 130 valence electrons. The molecule has 0 aliphatic carbocycles. The van der Waals surface area contributed by atoms with Gasteiger partial charge < -0.3 is 13.6 Å². The molecule has 0 heterocycles. The van der Waals surface area contributed by atoms with Gasteiger partial charge in [0, 0.05) is 24.3 Å². The Balaban J connectivity index is 4.69. The molecule has 22 heavy (non-hydrogen) atoms. The molecule has 0 aromatic rings. The fourth-order valence-corrected chi connectivity index (χ4v) is 5.65. The van der Waals surface area contributed by atoms with E-state index in [1.165, 1.54) is 19.3 Å².